The normalized spacial score (nSPS) is 12.5. The SMILES string of the molecule is CCOc1ccc(CCC(=O)N(Cc2cccc(C)c2)[C@H](C)C(=O)N[C@@H](C)CC)cc1OCC. The third-order valence-corrected chi connectivity index (χ3v) is 5.84. The number of nitrogens with zero attached hydrogens (tertiary/aromatic N) is 1. The van der Waals surface area contributed by atoms with Crippen molar-refractivity contribution in [2.45, 2.75) is 79.4 Å². The van der Waals surface area contributed by atoms with E-state index in [1.807, 2.05) is 71.0 Å². The Balaban J connectivity index is 2.18. The third-order valence-electron chi connectivity index (χ3n) is 5.84. The molecule has 2 rings (SSSR count). The molecule has 2 atom stereocenters. The highest BCUT2D eigenvalue weighted by molar-refractivity contribution is 5.87. The van der Waals surface area contributed by atoms with Gasteiger partial charge in [-0.1, -0.05) is 42.8 Å². The maximum Gasteiger partial charge on any atom is 0.242 e. The van der Waals surface area contributed by atoms with Crippen molar-refractivity contribution in [3.8, 4) is 11.5 Å². The topological polar surface area (TPSA) is 67.9 Å². The van der Waals surface area contributed by atoms with Crippen LogP contribution in [0.2, 0.25) is 0 Å². The summed E-state index contributed by atoms with van der Waals surface area (Å²) >= 11 is 0. The van der Waals surface area contributed by atoms with Crippen molar-refractivity contribution in [1.29, 1.82) is 0 Å². The van der Waals surface area contributed by atoms with E-state index >= 15 is 0 Å². The number of hydrogen-bond donors (Lipinski definition) is 1. The van der Waals surface area contributed by atoms with E-state index in [1.165, 1.54) is 0 Å². The average molecular weight is 469 g/mol. The molecule has 34 heavy (non-hydrogen) atoms. The van der Waals surface area contributed by atoms with Gasteiger partial charge < -0.3 is 19.7 Å². The van der Waals surface area contributed by atoms with E-state index < -0.39 is 6.04 Å². The third kappa shape index (κ3) is 8.08. The van der Waals surface area contributed by atoms with Gasteiger partial charge in [-0.05, 0) is 70.7 Å². The van der Waals surface area contributed by atoms with E-state index in [1.54, 1.807) is 11.8 Å². The molecule has 2 aromatic carbocycles. The highest BCUT2D eigenvalue weighted by atomic mass is 16.5. The largest absolute Gasteiger partial charge is 0.490 e. The van der Waals surface area contributed by atoms with Crippen LogP contribution in [-0.4, -0.2) is 42.0 Å². The van der Waals surface area contributed by atoms with Gasteiger partial charge in [0.1, 0.15) is 6.04 Å². The molecule has 0 bridgehead atoms. The molecular weight excluding hydrogens is 428 g/mol. The number of rotatable bonds is 13. The summed E-state index contributed by atoms with van der Waals surface area (Å²) in [5.41, 5.74) is 3.13. The van der Waals surface area contributed by atoms with Crippen LogP contribution < -0.4 is 14.8 Å². The molecule has 0 heterocycles. The van der Waals surface area contributed by atoms with E-state index in [0.717, 1.165) is 23.1 Å². The van der Waals surface area contributed by atoms with Gasteiger partial charge in [-0.25, -0.2) is 0 Å². The van der Waals surface area contributed by atoms with E-state index in [2.05, 4.69) is 11.4 Å². The van der Waals surface area contributed by atoms with Crippen LogP contribution in [0.15, 0.2) is 42.5 Å². The van der Waals surface area contributed by atoms with E-state index in [-0.39, 0.29) is 17.9 Å². The predicted molar refractivity (Wildman–Crippen MR) is 136 cm³/mol. The molecule has 0 aliphatic carbocycles. The Morgan fingerprint density at radius 2 is 1.65 bits per heavy atom. The molecule has 0 spiro atoms. The summed E-state index contributed by atoms with van der Waals surface area (Å²) in [6.07, 6.45) is 1.69. The Morgan fingerprint density at radius 3 is 2.29 bits per heavy atom. The first kappa shape index (κ1) is 27.2. The second kappa shape index (κ2) is 13.6. The lowest BCUT2D eigenvalue weighted by molar-refractivity contribution is -0.140. The molecule has 2 aromatic rings. The lowest BCUT2D eigenvalue weighted by Gasteiger charge is -2.30. The summed E-state index contributed by atoms with van der Waals surface area (Å²) in [5.74, 6) is 1.21. The maximum absolute atomic E-state index is 13.4. The Kier molecular flexibility index (Phi) is 10.9. The lowest BCUT2D eigenvalue weighted by atomic mass is 10.1. The van der Waals surface area contributed by atoms with Gasteiger partial charge in [-0.15, -0.1) is 0 Å². The second-order valence-corrected chi connectivity index (χ2v) is 8.65. The molecular formula is C28H40N2O4. The van der Waals surface area contributed by atoms with Crippen molar-refractivity contribution < 1.29 is 19.1 Å². The molecule has 6 heteroatoms. The van der Waals surface area contributed by atoms with Crippen molar-refractivity contribution in [3.05, 3.63) is 59.2 Å². The quantitative estimate of drug-likeness (QED) is 0.446. The van der Waals surface area contributed by atoms with Crippen LogP contribution in [0.4, 0.5) is 0 Å². The highest BCUT2D eigenvalue weighted by Crippen LogP contribution is 2.29. The molecule has 6 nitrogen and oxygen atoms in total. The van der Waals surface area contributed by atoms with Gasteiger partial charge in [0.2, 0.25) is 11.8 Å². The summed E-state index contributed by atoms with van der Waals surface area (Å²) in [5, 5.41) is 3.01. The van der Waals surface area contributed by atoms with Crippen LogP contribution in [0.5, 0.6) is 11.5 Å². The Labute approximate surface area is 204 Å². The Morgan fingerprint density at radius 1 is 0.941 bits per heavy atom. The van der Waals surface area contributed by atoms with Crippen molar-refractivity contribution in [1.82, 2.24) is 10.2 Å². The average Bonchev–Trinajstić information content (AvgIpc) is 2.82. The number of aryl methyl sites for hydroxylation is 2. The summed E-state index contributed by atoms with van der Waals surface area (Å²) in [6.45, 7) is 13.2. The molecule has 0 unspecified atom stereocenters. The number of benzene rings is 2. The van der Waals surface area contributed by atoms with Crippen LogP contribution in [0.25, 0.3) is 0 Å². The summed E-state index contributed by atoms with van der Waals surface area (Å²) in [6, 6.07) is 13.3. The lowest BCUT2D eigenvalue weighted by Crippen LogP contribution is -2.49. The van der Waals surface area contributed by atoms with E-state index in [4.69, 9.17) is 9.47 Å². The molecule has 0 saturated carbocycles. The molecule has 0 radical (unpaired) electrons. The van der Waals surface area contributed by atoms with Crippen LogP contribution in [0.1, 0.15) is 64.2 Å². The van der Waals surface area contributed by atoms with Crippen molar-refractivity contribution in [3.63, 3.8) is 0 Å². The van der Waals surface area contributed by atoms with Crippen LogP contribution in [-0.2, 0) is 22.6 Å². The summed E-state index contributed by atoms with van der Waals surface area (Å²) in [4.78, 5) is 27.9. The second-order valence-electron chi connectivity index (χ2n) is 8.65. The fourth-order valence-corrected chi connectivity index (χ4v) is 3.70. The van der Waals surface area contributed by atoms with Crippen molar-refractivity contribution in [2.24, 2.45) is 0 Å². The smallest absolute Gasteiger partial charge is 0.242 e. The number of carbonyl (C=O) groups excluding carboxylic acids is 2. The highest BCUT2D eigenvalue weighted by Gasteiger charge is 2.26. The van der Waals surface area contributed by atoms with E-state index in [0.29, 0.717) is 44.1 Å². The minimum atomic E-state index is -0.568. The van der Waals surface area contributed by atoms with Gasteiger partial charge in [0.25, 0.3) is 0 Å². The first-order valence-corrected chi connectivity index (χ1v) is 12.3. The zero-order chi connectivity index (χ0) is 25.1. The zero-order valence-corrected chi connectivity index (χ0v) is 21.5. The van der Waals surface area contributed by atoms with Gasteiger partial charge in [-0.3, -0.25) is 9.59 Å². The standard InChI is InChI=1S/C28H40N2O4/c1-7-21(5)29-28(32)22(6)30(19-24-12-10-11-20(4)17-24)27(31)16-14-23-13-15-25(33-8-2)26(18-23)34-9-3/h10-13,15,17-18,21-22H,7-9,14,16,19H2,1-6H3,(H,29,32)/t21-,22+/m0/s1. The van der Waals surface area contributed by atoms with Crippen LogP contribution in [0, 0.1) is 6.92 Å². The van der Waals surface area contributed by atoms with Gasteiger partial charge in [0.05, 0.1) is 13.2 Å². The molecule has 0 aromatic heterocycles. The summed E-state index contributed by atoms with van der Waals surface area (Å²) < 4.78 is 11.4. The van der Waals surface area contributed by atoms with Gasteiger partial charge in [0, 0.05) is 19.0 Å². The van der Waals surface area contributed by atoms with Crippen molar-refractivity contribution in [2.75, 3.05) is 13.2 Å². The molecule has 0 aliphatic heterocycles. The molecule has 0 fully saturated rings. The molecule has 0 saturated heterocycles. The number of hydrogen-bond acceptors (Lipinski definition) is 4. The molecule has 1 N–H and O–H groups in total. The number of amides is 2. The molecule has 2 amide bonds. The number of ether oxygens (including phenoxy) is 2. The zero-order valence-electron chi connectivity index (χ0n) is 21.5. The first-order valence-electron chi connectivity index (χ1n) is 12.3. The first-order chi connectivity index (χ1) is 16.3. The fourth-order valence-electron chi connectivity index (χ4n) is 3.70. The van der Waals surface area contributed by atoms with Crippen molar-refractivity contribution >= 4 is 11.8 Å². The van der Waals surface area contributed by atoms with Gasteiger partial charge in [-0.2, -0.15) is 0 Å². The monoisotopic (exact) mass is 468 g/mol. The number of nitrogens with one attached hydrogen (secondary N) is 1. The number of carbonyl (C=O) groups is 2. The minimum absolute atomic E-state index is 0.0554. The Hall–Kier alpha value is -3.02. The predicted octanol–water partition coefficient (Wildman–Crippen LogP) is 5.06. The maximum atomic E-state index is 13.4. The molecule has 0 aliphatic rings. The minimum Gasteiger partial charge on any atom is -0.490 e. The van der Waals surface area contributed by atoms with Crippen LogP contribution in [0.3, 0.4) is 0 Å². The fraction of sp³-hybridized carbons (Fsp3) is 0.500. The van der Waals surface area contributed by atoms with Gasteiger partial charge >= 0.3 is 0 Å². The molecule has 186 valence electrons. The van der Waals surface area contributed by atoms with E-state index in [9.17, 15) is 9.59 Å². The van der Waals surface area contributed by atoms with Gasteiger partial charge in [0.15, 0.2) is 11.5 Å². The summed E-state index contributed by atoms with van der Waals surface area (Å²) in [7, 11) is 0. The van der Waals surface area contributed by atoms with Crippen LogP contribution >= 0.6 is 0 Å². The Bertz CT molecular complexity index is 944.